The lowest BCUT2D eigenvalue weighted by Crippen LogP contribution is -2.43. The summed E-state index contributed by atoms with van der Waals surface area (Å²) in [5.41, 5.74) is -3.54. The average Bonchev–Trinajstić information content (AvgIpc) is 2.26. The molecule has 1 aromatic rings. The first-order valence-electron chi connectivity index (χ1n) is 5.14. The van der Waals surface area contributed by atoms with Gasteiger partial charge in [0.05, 0.1) is 7.11 Å². The summed E-state index contributed by atoms with van der Waals surface area (Å²) in [6.07, 6.45) is -5.93. The molecule has 0 unspecified atom stereocenters. The summed E-state index contributed by atoms with van der Waals surface area (Å²) in [6.45, 7) is 1.00. The molecular weight excluding hydrogens is 249 g/mol. The molecule has 18 heavy (non-hydrogen) atoms. The summed E-state index contributed by atoms with van der Waals surface area (Å²) >= 11 is 0. The Morgan fingerprint density at radius 2 is 1.78 bits per heavy atom. The van der Waals surface area contributed by atoms with Crippen molar-refractivity contribution >= 4 is 5.78 Å². The summed E-state index contributed by atoms with van der Waals surface area (Å²) in [5, 5.41) is 9.77. The molecule has 0 spiro atoms. The topological polar surface area (TPSA) is 46.5 Å². The predicted molar refractivity (Wildman–Crippen MR) is 58.2 cm³/mol. The highest BCUT2D eigenvalue weighted by molar-refractivity contribution is 5.77. The molecule has 0 saturated carbocycles. The van der Waals surface area contributed by atoms with Gasteiger partial charge in [0.25, 0.3) is 0 Å². The summed E-state index contributed by atoms with van der Waals surface area (Å²) in [4.78, 5) is 10.9. The second-order valence-electron chi connectivity index (χ2n) is 3.97. The van der Waals surface area contributed by atoms with E-state index in [0.29, 0.717) is 5.75 Å². The third-order valence-corrected chi connectivity index (χ3v) is 2.54. The van der Waals surface area contributed by atoms with Gasteiger partial charge in [-0.2, -0.15) is 13.2 Å². The number of aliphatic hydroxyl groups is 1. The quantitative estimate of drug-likeness (QED) is 0.906. The SMILES string of the molecule is COc1ccc([C@](O)(CC(C)=O)C(F)(F)F)cc1. The Kier molecular flexibility index (Phi) is 4.01. The van der Waals surface area contributed by atoms with E-state index in [-0.39, 0.29) is 5.56 Å². The van der Waals surface area contributed by atoms with Crippen molar-refractivity contribution in [2.24, 2.45) is 0 Å². The first-order chi connectivity index (χ1) is 8.20. The van der Waals surface area contributed by atoms with Crippen LogP contribution < -0.4 is 4.74 Å². The molecule has 6 heteroatoms. The van der Waals surface area contributed by atoms with Crippen LogP contribution in [0.1, 0.15) is 18.9 Å². The number of alkyl halides is 3. The van der Waals surface area contributed by atoms with E-state index < -0.39 is 24.0 Å². The molecule has 0 aliphatic rings. The standard InChI is InChI=1S/C12H13F3O3/c1-8(16)7-11(17,12(13,14)15)9-3-5-10(18-2)6-4-9/h3-6,17H,7H2,1-2H3/t11-/m1/s1. The zero-order valence-electron chi connectivity index (χ0n) is 9.91. The van der Waals surface area contributed by atoms with E-state index in [1.807, 2.05) is 0 Å². The molecule has 3 nitrogen and oxygen atoms in total. The van der Waals surface area contributed by atoms with Gasteiger partial charge in [0.1, 0.15) is 11.5 Å². The highest BCUT2D eigenvalue weighted by atomic mass is 19.4. The van der Waals surface area contributed by atoms with Crippen molar-refractivity contribution < 1.29 is 27.8 Å². The van der Waals surface area contributed by atoms with Gasteiger partial charge in [-0.05, 0) is 24.6 Å². The van der Waals surface area contributed by atoms with Gasteiger partial charge in [-0.15, -0.1) is 0 Å². The van der Waals surface area contributed by atoms with Crippen molar-refractivity contribution in [2.75, 3.05) is 7.11 Å². The molecule has 1 atom stereocenters. The number of Topliss-reactive ketones (excluding diaryl/α,β-unsaturated/α-hetero) is 1. The van der Waals surface area contributed by atoms with E-state index in [4.69, 9.17) is 4.74 Å². The van der Waals surface area contributed by atoms with E-state index in [9.17, 15) is 23.1 Å². The average molecular weight is 262 g/mol. The molecule has 1 N–H and O–H groups in total. The van der Waals surface area contributed by atoms with Crippen LogP contribution in [-0.2, 0) is 10.4 Å². The number of ketones is 1. The number of carbonyl (C=O) groups is 1. The number of halogens is 3. The van der Waals surface area contributed by atoms with Crippen LogP contribution in [0.15, 0.2) is 24.3 Å². The molecule has 100 valence electrons. The third kappa shape index (κ3) is 2.81. The lowest BCUT2D eigenvalue weighted by Gasteiger charge is -2.30. The highest BCUT2D eigenvalue weighted by Gasteiger charge is 2.55. The van der Waals surface area contributed by atoms with E-state index in [1.54, 1.807) is 0 Å². The zero-order chi connectivity index (χ0) is 14.0. The smallest absolute Gasteiger partial charge is 0.421 e. The van der Waals surface area contributed by atoms with Gasteiger partial charge < -0.3 is 9.84 Å². The minimum absolute atomic E-state index is 0.367. The van der Waals surface area contributed by atoms with Crippen molar-refractivity contribution in [1.82, 2.24) is 0 Å². The number of hydrogen-bond acceptors (Lipinski definition) is 3. The number of hydrogen-bond donors (Lipinski definition) is 1. The molecule has 0 amide bonds. The van der Waals surface area contributed by atoms with Gasteiger partial charge in [0.2, 0.25) is 0 Å². The maximum Gasteiger partial charge on any atom is 0.421 e. The van der Waals surface area contributed by atoms with Crippen LogP contribution in [0.2, 0.25) is 0 Å². The molecule has 0 fully saturated rings. The number of methoxy groups -OCH3 is 1. The van der Waals surface area contributed by atoms with Crippen LogP contribution in [-0.4, -0.2) is 24.2 Å². The fourth-order valence-electron chi connectivity index (χ4n) is 1.59. The lowest BCUT2D eigenvalue weighted by atomic mass is 9.88. The number of ether oxygens (including phenoxy) is 1. The predicted octanol–water partition coefficient (Wildman–Crippen LogP) is 2.42. The summed E-state index contributed by atoms with van der Waals surface area (Å²) in [7, 11) is 1.38. The molecule has 1 aromatic carbocycles. The second-order valence-corrected chi connectivity index (χ2v) is 3.97. The van der Waals surface area contributed by atoms with Crippen molar-refractivity contribution in [2.45, 2.75) is 25.1 Å². The van der Waals surface area contributed by atoms with E-state index in [1.165, 1.54) is 19.2 Å². The second kappa shape index (κ2) is 4.97. The lowest BCUT2D eigenvalue weighted by molar-refractivity contribution is -0.267. The van der Waals surface area contributed by atoms with Crippen molar-refractivity contribution in [3.63, 3.8) is 0 Å². The summed E-state index contributed by atoms with van der Waals surface area (Å²) in [6, 6.07) is 4.78. The maximum absolute atomic E-state index is 12.9. The van der Waals surface area contributed by atoms with Crippen LogP contribution in [0.5, 0.6) is 5.75 Å². The first-order valence-corrected chi connectivity index (χ1v) is 5.14. The zero-order valence-corrected chi connectivity index (χ0v) is 9.91. The van der Waals surface area contributed by atoms with Crippen LogP contribution >= 0.6 is 0 Å². The fourth-order valence-corrected chi connectivity index (χ4v) is 1.59. The van der Waals surface area contributed by atoms with Crippen LogP contribution in [0, 0.1) is 0 Å². The Morgan fingerprint density at radius 1 is 1.28 bits per heavy atom. The highest BCUT2D eigenvalue weighted by Crippen LogP contribution is 2.42. The maximum atomic E-state index is 12.9. The molecule has 0 radical (unpaired) electrons. The van der Waals surface area contributed by atoms with E-state index >= 15 is 0 Å². The molecule has 0 aliphatic carbocycles. The van der Waals surface area contributed by atoms with Gasteiger partial charge in [0, 0.05) is 6.42 Å². The first kappa shape index (κ1) is 14.5. The Balaban J connectivity index is 3.21. The summed E-state index contributed by atoms with van der Waals surface area (Å²) in [5.74, 6) is -0.378. The van der Waals surface area contributed by atoms with Gasteiger partial charge in [-0.1, -0.05) is 12.1 Å². The Morgan fingerprint density at radius 3 is 2.11 bits per heavy atom. The van der Waals surface area contributed by atoms with Gasteiger partial charge in [-0.25, -0.2) is 0 Å². The van der Waals surface area contributed by atoms with Crippen LogP contribution in [0.25, 0.3) is 0 Å². The number of carbonyl (C=O) groups excluding carboxylic acids is 1. The van der Waals surface area contributed by atoms with Crippen molar-refractivity contribution in [3.05, 3.63) is 29.8 Å². The Hall–Kier alpha value is -1.56. The number of benzene rings is 1. The van der Waals surface area contributed by atoms with Crippen molar-refractivity contribution in [3.8, 4) is 5.75 Å². The normalized spacial score (nSPS) is 15.0. The molecule has 0 heterocycles. The largest absolute Gasteiger partial charge is 0.497 e. The number of rotatable bonds is 4. The molecule has 1 rings (SSSR count). The Labute approximate surface area is 102 Å². The molecule has 0 aromatic heterocycles. The Bertz CT molecular complexity index is 425. The minimum atomic E-state index is -4.92. The van der Waals surface area contributed by atoms with Crippen LogP contribution in [0.3, 0.4) is 0 Å². The fraction of sp³-hybridized carbons (Fsp3) is 0.417. The molecular formula is C12H13F3O3. The van der Waals surface area contributed by atoms with Gasteiger partial charge in [-0.3, -0.25) is 4.79 Å². The molecule has 0 bridgehead atoms. The third-order valence-electron chi connectivity index (χ3n) is 2.54. The summed E-state index contributed by atoms with van der Waals surface area (Å²) < 4.78 is 43.5. The van der Waals surface area contributed by atoms with Crippen molar-refractivity contribution in [1.29, 1.82) is 0 Å². The molecule has 0 saturated heterocycles. The van der Waals surface area contributed by atoms with Gasteiger partial charge in [0.15, 0.2) is 5.60 Å². The van der Waals surface area contributed by atoms with Gasteiger partial charge >= 0.3 is 6.18 Å². The molecule has 0 aliphatic heterocycles. The van der Waals surface area contributed by atoms with E-state index in [0.717, 1.165) is 19.1 Å². The minimum Gasteiger partial charge on any atom is -0.497 e. The van der Waals surface area contributed by atoms with E-state index in [2.05, 4.69) is 0 Å². The monoisotopic (exact) mass is 262 g/mol. The van der Waals surface area contributed by atoms with Crippen LogP contribution in [0.4, 0.5) is 13.2 Å².